The lowest BCUT2D eigenvalue weighted by molar-refractivity contribution is 0.107. The molecule has 1 saturated heterocycles. The van der Waals surface area contributed by atoms with Crippen LogP contribution in [0.4, 0.5) is 0 Å². The van der Waals surface area contributed by atoms with E-state index in [1.54, 1.807) is 7.11 Å². The van der Waals surface area contributed by atoms with Crippen molar-refractivity contribution in [1.82, 2.24) is 4.90 Å². The van der Waals surface area contributed by atoms with E-state index in [1.807, 2.05) is 24.3 Å². The number of hydrogen-bond acceptors (Lipinski definition) is 4. The number of para-hydroxylation sites is 1. The summed E-state index contributed by atoms with van der Waals surface area (Å²) in [6, 6.07) is 7.97. The first-order valence-electron chi connectivity index (χ1n) is 6.99. The molecule has 0 radical (unpaired) electrons. The van der Waals surface area contributed by atoms with Crippen molar-refractivity contribution in [2.75, 3.05) is 33.4 Å². The zero-order valence-electron chi connectivity index (χ0n) is 11.7. The number of rotatable bonds is 7. The van der Waals surface area contributed by atoms with Crippen LogP contribution in [0.15, 0.2) is 24.3 Å². The standard InChI is InChI=1S/C15H24N2O2/c1-18-14-7-9-17(12-14)8-4-10-19-15-6-3-2-5-13(15)11-16/h2-3,5-6,14H,4,7-12,16H2,1H3. The van der Waals surface area contributed by atoms with Crippen molar-refractivity contribution in [3.05, 3.63) is 29.8 Å². The van der Waals surface area contributed by atoms with Gasteiger partial charge in [-0.25, -0.2) is 0 Å². The van der Waals surface area contributed by atoms with Crippen molar-refractivity contribution < 1.29 is 9.47 Å². The highest BCUT2D eigenvalue weighted by molar-refractivity contribution is 5.32. The van der Waals surface area contributed by atoms with Gasteiger partial charge in [0.25, 0.3) is 0 Å². The Bertz CT molecular complexity index is 384. The van der Waals surface area contributed by atoms with E-state index in [4.69, 9.17) is 15.2 Å². The van der Waals surface area contributed by atoms with Gasteiger partial charge in [-0.2, -0.15) is 0 Å². The van der Waals surface area contributed by atoms with Crippen LogP contribution in [0.1, 0.15) is 18.4 Å². The van der Waals surface area contributed by atoms with Gasteiger partial charge in [0, 0.05) is 38.9 Å². The number of ether oxygens (including phenoxy) is 2. The molecule has 1 aliphatic heterocycles. The molecule has 0 aromatic heterocycles. The molecule has 0 bridgehead atoms. The van der Waals surface area contributed by atoms with E-state index >= 15 is 0 Å². The quantitative estimate of drug-likeness (QED) is 0.761. The fraction of sp³-hybridized carbons (Fsp3) is 0.600. The number of nitrogens with two attached hydrogens (primary N) is 1. The van der Waals surface area contributed by atoms with Gasteiger partial charge in [-0.3, -0.25) is 0 Å². The molecule has 1 aromatic rings. The Balaban J connectivity index is 1.67. The first-order valence-corrected chi connectivity index (χ1v) is 6.99. The van der Waals surface area contributed by atoms with Crippen molar-refractivity contribution in [2.45, 2.75) is 25.5 Å². The van der Waals surface area contributed by atoms with Crippen LogP contribution in [0.25, 0.3) is 0 Å². The molecular formula is C15H24N2O2. The topological polar surface area (TPSA) is 47.7 Å². The predicted molar refractivity (Wildman–Crippen MR) is 76.3 cm³/mol. The van der Waals surface area contributed by atoms with Crippen LogP contribution in [0, 0.1) is 0 Å². The minimum absolute atomic E-state index is 0.416. The average Bonchev–Trinajstić information content (AvgIpc) is 2.92. The van der Waals surface area contributed by atoms with Crippen LogP contribution in [0.2, 0.25) is 0 Å². The summed E-state index contributed by atoms with van der Waals surface area (Å²) in [7, 11) is 1.79. The van der Waals surface area contributed by atoms with E-state index in [0.29, 0.717) is 12.6 Å². The summed E-state index contributed by atoms with van der Waals surface area (Å²) >= 11 is 0. The van der Waals surface area contributed by atoms with Crippen molar-refractivity contribution in [2.24, 2.45) is 5.73 Å². The molecule has 2 N–H and O–H groups in total. The molecule has 1 aromatic carbocycles. The van der Waals surface area contributed by atoms with E-state index in [2.05, 4.69) is 4.90 Å². The summed E-state index contributed by atoms with van der Waals surface area (Å²) in [5.41, 5.74) is 6.76. The van der Waals surface area contributed by atoms with Gasteiger partial charge in [0.1, 0.15) is 5.75 Å². The third-order valence-corrected chi connectivity index (χ3v) is 3.63. The summed E-state index contributed by atoms with van der Waals surface area (Å²) in [6.07, 6.45) is 2.60. The summed E-state index contributed by atoms with van der Waals surface area (Å²) in [5.74, 6) is 0.918. The Hall–Kier alpha value is -1.10. The maximum Gasteiger partial charge on any atom is 0.123 e. The molecule has 106 valence electrons. The van der Waals surface area contributed by atoms with Gasteiger partial charge in [0.2, 0.25) is 0 Å². The van der Waals surface area contributed by atoms with Crippen molar-refractivity contribution in [3.8, 4) is 5.75 Å². The number of benzene rings is 1. The van der Waals surface area contributed by atoms with Gasteiger partial charge >= 0.3 is 0 Å². The zero-order valence-corrected chi connectivity index (χ0v) is 11.7. The summed E-state index contributed by atoms with van der Waals surface area (Å²) in [5, 5.41) is 0. The SMILES string of the molecule is COC1CCN(CCCOc2ccccc2CN)C1. The van der Waals surface area contributed by atoms with Gasteiger partial charge in [0.05, 0.1) is 12.7 Å². The first kappa shape index (κ1) is 14.3. The molecular weight excluding hydrogens is 240 g/mol. The third kappa shape index (κ3) is 4.20. The van der Waals surface area contributed by atoms with Crippen molar-refractivity contribution >= 4 is 0 Å². The molecule has 1 unspecified atom stereocenters. The second-order valence-corrected chi connectivity index (χ2v) is 4.96. The smallest absolute Gasteiger partial charge is 0.123 e. The van der Waals surface area contributed by atoms with E-state index < -0.39 is 0 Å². The lowest BCUT2D eigenvalue weighted by Gasteiger charge is -2.16. The molecule has 4 heteroatoms. The predicted octanol–water partition coefficient (Wildman–Crippen LogP) is 1.63. The number of methoxy groups -OCH3 is 1. The molecule has 4 nitrogen and oxygen atoms in total. The lowest BCUT2D eigenvalue weighted by atomic mass is 10.2. The Kier molecular flexibility index (Phi) is 5.63. The average molecular weight is 264 g/mol. The van der Waals surface area contributed by atoms with Gasteiger partial charge in [-0.1, -0.05) is 18.2 Å². The Morgan fingerprint density at radius 1 is 1.37 bits per heavy atom. The molecule has 2 rings (SSSR count). The lowest BCUT2D eigenvalue weighted by Crippen LogP contribution is -2.25. The fourth-order valence-electron chi connectivity index (χ4n) is 2.48. The number of nitrogens with zero attached hydrogens (tertiary/aromatic N) is 1. The summed E-state index contributed by atoms with van der Waals surface area (Å²) in [4.78, 5) is 2.44. The van der Waals surface area contributed by atoms with Crippen LogP contribution in [-0.2, 0) is 11.3 Å². The normalized spacial score (nSPS) is 19.8. The largest absolute Gasteiger partial charge is 0.493 e. The van der Waals surface area contributed by atoms with Gasteiger partial charge in [-0.15, -0.1) is 0 Å². The van der Waals surface area contributed by atoms with E-state index in [1.165, 1.54) is 0 Å². The summed E-state index contributed by atoms with van der Waals surface area (Å²) in [6.45, 7) is 4.53. The zero-order chi connectivity index (χ0) is 13.5. The Morgan fingerprint density at radius 2 is 2.21 bits per heavy atom. The molecule has 0 saturated carbocycles. The molecule has 0 spiro atoms. The van der Waals surface area contributed by atoms with Crippen molar-refractivity contribution in [3.63, 3.8) is 0 Å². The molecule has 1 atom stereocenters. The molecule has 0 aliphatic carbocycles. The monoisotopic (exact) mass is 264 g/mol. The Labute approximate surface area is 115 Å². The molecule has 1 aliphatic rings. The number of hydrogen-bond donors (Lipinski definition) is 1. The maximum absolute atomic E-state index is 5.80. The molecule has 19 heavy (non-hydrogen) atoms. The molecule has 1 heterocycles. The maximum atomic E-state index is 5.80. The van der Waals surface area contributed by atoms with E-state index in [9.17, 15) is 0 Å². The first-order chi connectivity index (χ1) is 9.33. The second-order valence-electron chi connectivity index (χ2n) is 4.96. The highest BCUT2D eigenvalue weighted by atomic mass is 16.5. The van der Waals surface area contributed by atoms with Gasteiger partial charge < -0.3 is 20.1 Å². The van der Waals surface area contributed by atoms with E-state index in [0.717, 1.165) is 50.4 Å². The minimum Gasteiger partial charge on any atom is -0.493 e. The summed E-state index contributed by atoms with van der Waals surface area (Å²) < 4.78 is 11.2. The van der Waals surface area contributed by atoms with Crippen LogP contribution >= 0.6 is 0 Å². The molecule has 0 amide bonds. The van der Waals surface area contributed by atoms with Gasteiger partial charge in [0.15, 0.2) is 0 Å². The minimum atomic E-state index is 0.416. The highest BCUT2D eigenvalue weighted by Gasteiger charge is 2.21. The van der Waals surface area contributed by atoms with Gasteiger partial charge in [-0.05, 0) is 18.9 Å². The van der Waals surface area contributed by atoms with Crippen LogP contribution < -0.4 is 10.5 Å². The van der Waals surface area contributed by atoms with Crippen LogP contribution in [-0.4, -0.2) is 44.4 Å². The fourth-order valence-corrected chi connectivity index (χ4v) is 2.48. The second kappa shape index (κ2) is 7.48. The highest BCUT2D eigenvalue weighted by Crippen LogP contribution is 2.17. The molecule has 1 fully saturated rings. The third-order valence-electron chi connectivity index (χ3n) is 3.63. The van der Waals surface area contributed by atoms with Crippen LogP contribution in [0.5, 0.6) is 5.75 Å². The van der Waals surface area contributed by atoms with E-state index in [-0.39, 0.29) is 0 Å². The van der Waals surface area contributed by atoms with Crippen LogP contribution in [0.3, 0.4) is 0 Å². The number of likely N-dealkylation sites (tertiary alicyclic amines) is 1. The van der Waals surface area contributed by atoms with Crippen molar-refractivity contribution in [1.29, 1.82) is 0 Å². The Morgan fingerprint density at radius 3 is 2.95 bits per heavy atom.